The molecule has 2 N–H and O–H groups in total. The van der Waals surface area contributed by atoms with Gasteiger partial charge in [0, 0.05) is 5.41 Å². The maximum Gasteiger partial charge on any atom is 0.126 e. The van der Waals surface area contributed by atoms with Gasteiger partial charge in [-0.25, -0.2) is 4.39 Å². The van der Waals surface area contributed by atoms with Crippen LogP contribution in [-0.2, 0) is 11.8 Å². The van der Waals surface area contributed by atoms with Gasteiger partial charge in [0.05, 0.1) is 13.2 Å². The van der Waals surface area contributed by atoms with Crippen molar-refractivity contribution in [1.82, 2.24) is 0 Å². The van der Waals surface area contributed by atoms with Crippen molar-refractivity contribution in [3.63, 3.8) is 0 Å². The molecule has 2 aromatic rings. The summed E-state index contributed by atoms with van der Waals surface area (Å²) in [6.07, 6.45) is 0.261. The van der Waals surface area contributed by atoms with Crippen LogP contribution in [0.2, 0.25) is 0 Å². The first-order valence-corrected chi connectivity index (χ1v) is 6.22. The van der Waals surface area contributed by atoms with E-state index in [4.69, 9.17) is 0 Å². The van der Waals surface area contributed by atoms with Gasteiger partial charge in [-0.2, -0.15) is 0 Å². The Balaban J connectivity index is 2.38. The van der Waals surface area contributed by atoms with E-state index in [1.54, 1.807) is 18.2 Å². The molecule has 0 fully saturated rings. The Bertz CT molecular complexity index is 521. The van der Waals surface area contributed by atoms with Crippen molar-refractivity contribution in [1.29, 1.82) is 0 Å². The van der Waals surface area contributed by atoms with Crippen LogP contribution in [0.1, 0.15) is 11.1 Å². The predicted octanol–water partition coefficient (Wildman–Crippen LogP) is 2.29. The molecule has 2 rings (SSSR count). The molecule has 0 aliphatic heterocycles. The second-order valence-corrected chi connectivity index (χ2v) is 4.73. The lowest BCUT2D eigenvalue weighted by Crippen LogP contribution is -2.37. The van der Waals surface area contributed by atoms with Crippen molar-refractivity contribution in [3.05, 3.63) is 71.5 Å². The summed E-state index contributed by atoms with van der Waals surface area (Å²) < 4.78 is 13.7. The maximum absolute atomic E-state index is 13.7. The fourth-order valence-electron chi connectivity index (χ4n) is 2.24. The Kier molecular flexibility index (Phi) is 4.30. The van der Waals surface area contributed by atoms with E-state index in [1.807, 2.05) is 30.3 Å². The quantitative estimate of drug-likeness (QED) is 0.866. The van der Waals surface area contributed by atoms with Crippen molar-refractivity contribution in [2.24, 2.45) is 0 Å². The highest BCUT2D eigenvalue weighted by atomic mass is 19.1. The van der Waals surface area contributed by atoms with E-state index >= 15 is 0 Å². The smallest absolute Gasteiger partial charge is 0.126 e. The molecular weight excluding hydrogens is 243 g/mol. The van der Waals surface area contributed by atoms with Gasteiger partial charge < -0.3 is 10.2 Å². The van der Waals surface area contributed by atoms with Crippen LogP contribution in [0.4, 0.5) is 4.39 Å². The van der Waals surface area contributed by atoms with Crippen LogP contribution >= 0.6 is 0 Å². The van der Waals surface area contributed by atoms with Gasteiger partial charge in [-0.1, -0.05) is 48.5 Å². The first kappa shape index (κ1) is 13.7. The van der Waals surface area contributed by atoms with E-state index in [0.717, 1.165) is 5.56 Å². The Morgan fingerprint density at radius 3 is 2.00 bits per heavy atom. The van der Waals surface area contributed by atoms with Crippen molar-refractivity contribution < 1.29 is 14.6 Å². The molecule has 0 aromatic heterocycles. The van der Waals surface area contributed by atoms with Gasteiger partial charge in [0.1, 0.15) is 5.82 Å². The van der Waals surface area contributed by atoms with Gasteiger partial charge in [0.2, 0.25) is 0 Å². The lowest BCUT2D eigenvalue weighted by molar-refractivity contribution is 0.115. The fourth-order valence-corrected chi connectivity index (χ4v) is 2.24. The van der Waals surface area contributed by atoms with E-state index in [0.29, 0.717) is 5.56 Å². The summed E-state index contributed by atoms with van der Waals surface area (Å²) in [4.78, 5) is 0. The molecule has 19 heavy (non-hydrogen) atoms. The normalized spacial score (nSPS) is 11.5. The molecule has 0 heterocycles. The number of aliphatic hydroxyl groups excluding tert-OH is 2. The third kappa shape index (κ3) is 2.83. The van der Waals surface area contributed by atoms with E-state index in [2.05, 4.69) is 0 Å². The molecule has 0 spiro atoms. The predicted molar refractivity (Wildman–Crippen MR) is 72.4 cm³/mol. The number of hydrogen-bond acceptors (Lipinski definition) is 2. The van der Waals surface area contributed by atoms with Gasteiger partial charge in [-0.3, -0.25) is 0 Å². The van der Waals surface area contributed by atoms with Crippen LogP contribution in [0.15, 0.2) is 54.6 Å². The monoisotopic (exact) mass is 260 g/mol. The van der Waals surface area contributed by atoms with Crippen molar-refractivity contribution in [2.75, 3.05) is 13.2 Å². The number of benzene rings is 2. The number of rotatable bonds is 5. The van der Waals surface area contributed by atoms with E-state index in [9.17, 15) is 14.6 Å². The molecule has 0 saturated heterocycles. The highest BCUT2D eigenvalue weighted by Crippen LogP contribution is 2.28. The first-order valence-electron chi connectivity index (χ1n) is 6.22. The lowest BCUT2D eigenvalue weighted by Gasteiger charge is -2.30. The van der Waals surface area contributed by atoms with E-state index < -0.39 is 5.41 Å². The largest absolute Gasteiger partial charge is 0.395 e. The topological polar surface area (TPSA) is 40.5 Å². The van der Waals surface area contributed by atoms with Gasteiger partial charge >= 0.3 is 0 Å². The summed E-state index contributed by atoms with van der Waals surface area (Å²) in [6.45, 7) is -0.469. The second-order valence-electron chi connectivity index (χ2n) is 4.73. The third-order valence-corrected chi connectivity index (χ3v) is 3.48. The highest BCUT2D eigenvalue weighted by molar-refractivity contribution is 5.30. The van der Waals surface area contributed by atoms with Crippen molar-refractivity contribution >= 4 is 0 Å². The van der Waals surface area contributed by atoms with Crippen LogP contribution < -0.4 is 0 Å². The molecule has 0 atom stereocenters. The Hall–Kier alpha value is -1.71. The fraction of sp³-hybridized carbons (Fsp3) is 0.250. The molecule has 0 unspecified atom stereocenters. The minimum Gasteiger partial charge on any atom is -0.395 e. The molecule has 2 nitrogen and oxygen atoms in total. The van der Waals surface area contributed by atoms with Crippen molar-refractivity contribution in [2.45, 2.75) is 11.8 Å². The zero-order valence-electron chi connectivity index (χ0n) is 10.6. The molecule has 100 valence electrons. The second kappa shape index (κ2) is 5.95. The summed E-state index contributed by atoms with van der Waals surface area (Å²) in [5.74, 6) is -0.315. The molecule has 0 saturated carbocycles. The Morgan fingerprint density at radius 2 is 1.42 bits per heavy atom. The minimum absolute atomic E-state index is 0.234. The summed E-state index contributed by atoms with van der Waals surface area (Å²) in [7, 11) is 0. The molecule has 0 bridgehead atoms. The molecule has 2 aromatic carbocycles. The number of hydrogen-bond donors (Lipinski definition) is 2. The summed E-state index contributed by atoms with van der Waals surface area (Å²) in [6, 6.07) is 15.7. The van der Waals surface area contributed by atoms with Crippen LogP contribution in [0, 0.1) is 5.82 Å². The molecule has 0 aliphatic carbocycles. The number of halogens is 1. The summed E-state index contributed by atoms with van der Waals surface area (Å²) >= 11 is 0. The van der Waals surface area contributed by atoms with Crippen LogP contribution in [0.3, 0.4) is 0 Å². The van der Waals surface area contributed by atoms with Gasteiger partial charge in [-0.15, -0.1) is 0 Å². The van der Waals surface area contributed by atoms with Gasteiger partial charge in [0.15, 0.2) is 0 Å². The molecule has 3 heteroatoms. The SMILES string of the molecule is OCC(CO)(Cc1ccccc1F)c1ccccc1. The van der Waals surface area contributed by atoms with E-state index in [-0.39, 0.29) is 25.5 Å². The summed E-state index contributed by atoms with van der Waals surface area (Å²) in [5.41, 5.74) is 0.446. The van der Waals surface area contributed by atoms with Crippen molar-refractivity contribution in [3.8, 4) is 0 Å². The molecule has 0 radical (unpaired) electrons. The minimum atomic E-state index is -0.858. The first-order chi connectivity index (χ1) is 9.22. The number of aliphatic hydroxyl groups is 2. The standard InChI is InChI=1S/C16H17FO2/c17-15-9-5-4-6-13(15)10-16(11-18,12-19)14-7-2-1-3-8-14/h1-9,18-19H,10-12H2. The van der Waals surface area contributed by atoms with E-state index in [1.165, 1.54) is 6.07 Å². The third-order valence-electron chi connectivity index (χ3n) is 3.48. The molecular formula is C16H17FO2. The average molecular weight is 260 g/mol. The Labute approximate surface area is 112 Å². The average Bonchev–Trinajstić information content (AvgIpc) is 2.48. The molecule has 0 amide bonds. The van der Waals surface area contributed by atoms with Crippen LogP contribution in [0.25, 0.3) is 0 Å². The van der Waals surface area contributed by atoms with Crippen LogP contribution in [-0.4, -0.2) is 23.4 Å². The van der Waals surface area contributed by atoms with Gasteiger partial charge in [0.25, 0.3) is 0 Å². The lowest BCUT2D eigenvalue weighted by atomic mass is 9.77. The zero-order valence-corrected chi connectivity index (χ0v) is 10.6. The zero-order chi connectivity index (χ0) is 13.7. The summed E-state index contributed by atoms with van der Waals surface area (Å²) in [5, 5.41) is 19.4. The maximum atomic E-state index is 13.7. The van der Waals surface area contributed by atoms with Gasteiger partial charge in [-0.05, 0) is 23.6 Å². The van der Waals surface area contributed by atoms with Crippen LogP contribution in [0.5, 0.6) is 0 Å². The molecule has 0 aliphatic rings. The Morgan fingerprint density at radius 1 is 0.842 bits per heavy atom. The highest BCUT2D eigenvalue weighted by Gasteiger charge is 2.32.